The van der Waals surface area contributed by atoms with Crippen LogP contribution in [-0.4, -0.2) is 41.9 Å². The van der Waals surface area contributed by atoms with Gasteiger partial charge in [-0.25, -0.2) is 8.78 Å². The summed E-state index contributed by atoms with van der Waals surface area (Å²) in [4.78, 5) is 16.9. The molecule has 0 radical (unpaired) electrons. The zero-order valence-corrected chi connectivity index (χ0v) is 16.8. The molecule has 1 amide bonds. The molecule has 0 aliphatic carbocycles. The van der Waals surface area contributed by atoms with E-state index in [4.69, 9.17) is 0 Å². The Hall–Kier alpha value is -2.27. The highest BCUT2D eigenvalue weighted by molar-refractivity contribution is 5.94. The van der Waals surface area contributed by atoms with E-state index in [-0.39, 0.29) is 11.3 Å². The summed E-state index contributed by atoms with van der Waals surface area (Å²) in [5.41, 5.74) is 2.72. The molecule has 0 saturated carbocycles. The number of benzene rings is 2. The van der Waals surface area contributed by atoms with Crippen LogP contribution >= 0.6 is 0 Å². The molecule has 1 heterocycles. The average Bonchev–Trinajstić information content (AvgIpc) is 2.89. The molecule has 2 aromatic carbocycles. The first-order valence-corrected chi connectivity index (χ1v) is 9.80. The Morgan fingerprint density at radius 2 is 1.64 bits per heavy atom. The van der Waals surface area contributed by atoms with Gasteiger partial charge in [0.05, 0.1) is 0 Å². The maximum atomic E-state index is 13.4. The fraction of sp³-hybridized carbons (Fsp3) is 0.435. The topological polar surface area (TPSA) is 23.6 Å². The molecule has 0 N–H and O–H groups in total. The molecule has 1 fully saturated rings. The molecule has 0 unspecified atom stereocenters. The number of rotatable bonds is 3. The summed E-state index contributed by atoms with van der Waals surface area (Å²) in [7, 11) is 0. The lowest BCUT2D eigenvalue weighted by Gasteiger charge is -2.23. The lowest BCUT2D eigenvalue weighted by atomic mass is 9.86. The van der Waals surface area contributed by atoms with Crippen LogP contribution in [0.3, 0.4) is 0 Å². The first-order valence-electron chi connectivity index (χ1n) is 9.80. The van der Waals surface area contributed by atoms with Crippen molar-refractivity contribution in [2.24, 2.45) is 0 Å². The monoisotopic (exact) mass is 386 g/mol. The molecule has 1 aliphatic rings. The minimum absolute atomic E-state index is 0.0511. The van der Waals surface area contributed by atoms with Crippen LogP contribution in [0.2, 0.25) is 0 Å². The Balaban J connectivity index is 1.61. The van der Waals surface area contributed by atoms with Gasteiger partial charge in [0, 0.05) is 38.3 Å². The first kappa shape index (κ1) is 20.5. The Bertz CT molecular complexity index is 827. The van der Waals surface area contributed by atoms with Crippen LogP contribution < -0.4 is 0 Å². The first-order chi connectivity index (χ1) is 13.2. The third-order valence-corrected chi connectivity index (χ3v) is 5.26. The third kappa shape index (κ3) is 4.96. The molecule has 0 spiro atoms. The van der Waals surface area contributed by atoms with Gasteiger partial charge in [-0.2, -0.15) is 0 Å². The number of halogens is 2. The van der Waals surface area contributed by atoms with Gasteiger partial charge >= 0.3 is 0 Å². The van der Waals surface area contributed by atoms with E-state index in [0.717, 1.165) is 18.5 Å². The van der Waals surface area contributed by atoms with E-state index >= 15 is 0 Å². The summed E-state index contributed by atoms with van der Waals surface area (Å²) in [5.74, 6) is -1.59. The number of nitrogens with zero attached hydrogens (tertiary/aromatic N) is 2. The second-order valence-electron chi connectivity index (χ2n) is 8.50. The van der Waals surface area contributed by atoms with Gasteiger partial charge in [-0.15, -0.1) is 0 Å². The van der Waals surface area contributed by atoms with Gasteiger partial charge in [-0.3, -0.25) is 9.69 Å². The Morgan fingerprint density at radius 3 is 2.29 bits per heavy atom. The number of hydrogen-bond acceptors (Lipinski definition) is 2. The van der Waals surface area contributed by atoms with Crippen molar-refractivity contribution in [3.63, 3.8) is 0 Å². The number of carbonyl (C=O) groups excluding carboxylic acids is 1. The summed E-state index contributed by atoms with van der Waals surface area (Å²) in [6, 6.07) is 11.9. The zero-order valence-electron chi connectivity index (χ0n) is 16.8. The standard InChI is InChI=1S/C23H28F2N2O/c1-23(2,3)19-8-6-18(7-9-19)22(28)27-12-4-11-26(13-14-27)16-17-5-10-20(24)21(25)15-17/h5-10,15H,4,11-14,16H2,1-3H3. The minimum Gasteiger partial charge on any atom is -0.337 e. The second kappa shape index (κ2) is 8.39. The molecule has 0 atom stereocenters. The van der Waals surface area contributed by atoms with Crippen molar-refractivity contribution < 1.29 is 13.6 Å². The van der Waals surface area contributed by atoms with Crippen LogP contribution in [0.25, 0.3) is 0 Å². The largest absolute Gasteiger partial charge is 0.337 e. The fourth-order valence-corrected chi connectivity index (χ4v) is 3.52. The van der Waals surface area contributed by atoms with Gasteiger partial charge in [-0.05, 0) is 47.2 Å². The highest BCUT2D eigenvalue weighted by Gasteiger charge is 2.21. The van der Waals surface area contributed by atoms with Gasteiger partial charge in [0.25, 0.3) is 5.91 Å². The van der Waals surface area contributed by atoms with Gasteiger partial charge in [-0.1, -0.05) is 39.0 Å². The fourth-order valence-electron chi connectivity index (χ4n) is 3.52. The molecule has 5 heteroatoms. The second-order valence-corrected chi connectivity index (χ2v) is 8.50. The molecule has 3 nitrogen and oxygen atoms in total. The highest BCUT2D eigenvalue weighted by Crippen LogP contribution is 2.23. The third-order valence-electron chi connectivity index (χ3n) is 5.26. The number of hydrogen-bond donors (Lipinski definition) is 0. The SMILES string of the molecule is CC(C)(C)c1ccc(C(=O)N2CCCN(Cc3ccc(F)c(F)c3)CC2)cc1. The van der Waals surface area contributed by atoms with Gasteiger partial charge < -0.3 is 4.90 Å². The van der Waals surface area contributed by atoms with Crippen LogP contribution in [0, 0.1) is 11.6 Å². The van der Waals surface area contributed by atoms with E-state index in [9.17, 15) is 13.6 Å². The molecule has 28 heavy (non-hydrogen) atoms. The Morgan fingerprint density at radius 1 is 0.929 bits per heavy atom. The Kier molecular flexibility index (Phi) is 6.14. The Labute approximate surface area is 166 Å². The summed E-state index contributed by atoms with van der Waals surface area (Å²) >= 11 is 0. The quantitative estimate of drug-likeness (QED) is 0.769. The van der Waals surface area contributed by atoms with Crippen LogP contribution in [0.1, 0.15) is 48.7 Å². The zero-order chi connectivity index (χ0) is 20.3. The minimum atomic E-state index is -0.825. The molecule has 1 aliphatic heterocycles. The van der Waals surface area contributed by atoms with Crippen LogP contribution in [-0.2, 0) is 12.0 Å². The molecular formula is C23H28F2N2O. The van der Waals surface area contributed by atoms with Gasteiger partial charge in [0.2, 0.25) is 0 Å². The summed E-state index contributed by atoms with van der Waals surface area (Å²) < 4.78 is 26.5. The summed E-state index contributed by atoms with van der Waals surface area (Å²) in [6.07, 6.45) is 0.857. The van der Waals surface area contributed by atoms with Crippen LogP contribution in [0.4, 0.5) is 8.78 Å². The number of carbonyl (C=O) groups is 1. The lowest BCUT2D eigenvalue weighted by Crippen LogP contribution is -2.35. The lowest BCUT2D eigenvalue weighted by molar-refractivity contribution is 0.0761. The predicted molar refractivity (Wildman–Crippen MR) is 107 cm³/mol. The molecule has 2 aromatic rings. The maximum absolute atomic E-state index is 13.4. The van der Waals surface area contributed by atoms with Gasteiger partial charge in [0.1, 0.15) is 0 Å². The van der Waals surface area contributed by atoms with Crippen molar-refractivity contribution in [1.82, 2.24) is 9.80 Å². The van der Waals surface area contributed by atoms with Crippen molar-refractivity contribution in [1.29, 1.82) is 0 Å². The van der Waals surface area contributed by atoms with Gasteiger partial charge in [0.15, 0.2) is 11.6 Å². The van der Waals surface area contributed by atoms with E-state index in [1.807, 2.05) is 29.2 Å². The van der Waals surface area contributed by atoms with E-state index < -0.39 is 11.6 Å². The molecule has 150 valence electrons. The van der Waals surface area contributed by atoms with E-state index in [1.165, 1.54) is 17.7 Å². The smallest absolute Gasteiger partial charge is 0.253 e. The summed E-state index contributed by atoms with van der Waals surface area (Å²) in [5, 5.41) is 0. The molecule has 0 aromatic heterocycles. The predicted octanol–water partition coefficient (Wildman–Crippen LogP) is 4.61. The van der Waals surface area contributed by atoms with Crippen molar-refractivity contribution >= 4 is 5.91 Å². The van der Waals surface area contributed by atoms with Crippen molar-refractivity contribution in [2.75, 3.05) is 26.2 Å². The maximum Gasteiger partial charge on any atom is 0.253 e. The average molecular weight is 386 g/mol. The molecular weight excluding hydrogens is 358 g/mol. The highest BCUT2D eigenvalue weighted by atomic mass is 19.2. The summed E-state index contributed by atoms with van der Waals surface area (Å²) in [6.45, 7) is 9.88. The molecule has 1 saturated heterocycles. The van der Waals surface area contributed by atoms with E-state index in [0.29, 0.717) is 31.7 Å². The van der Waals surface area contributed by atoms with E-state index in [2.05, 4.69) is 25.7 Å². The van der Waals surface area contributed by atoms with Crippen LogP contribution in [0.15, 0.2) is 42.5 Å². The van der Waals surface area contributed by atoms with Crippen LogP contribution in [0.5, 0.6) is 0 Å². The van der Waals surface area contributed by atoms with Crippen molar-refractivity contribution in [2.45, 2.75) is 39.2 Å². The number of amides is 1. The van der Waals surface area contributed by atoms with E-state index in [1.54, 1.807) is 6.07 Å². The van der Waals surface area contributed by atoms with Crippen molar-refractivity contribution in [3.8, 4) is 0 Å². The molecule has 3 rings (SSSR count). The normalized spacial score (nSPS) is 16.1. The van der Waals surface area contributed by atoms with Crippen molar-refractivity contribution in [3.05, 3.63) is 70.8 Å². The molecule has 0 bridgehead atoms.